The van der Waals surface area contributed by atoms with Crippen molar-refractivity contribution in [1.29, 1.82) is 10.5 Å². The molecule has 0 spiro atoms. The molecular weight excluding hydrogens is 904 g/mol. The first-order valence-electron chi connectivity index (χ1n) is 24.3. The summed E-state index contributed by atoms with van der Waals surface area (Å²) in [6, 6.07) is 32.1. The van der Waals surface area contributed by atoms with Crippen molar-refractivity contribution in [2.75, 3.05) is 26.2 Å². The minimum absolute atomic E-state index is 0.259. The second-order valence-electron chi connectivity index (χ2n) is 17.1. The number of hydrogen-bond donors (Lipinski definition) is 0. The van der Waals surface area contributed by atoms with E-state index in [4.69, 9.17) is 42.1 Å². The molecule has 0 N–H and O–H groups in total. The molecule has 0 unspecified atom stereocenters. The highest BCUT2D eigenvalue weighted by atomic mass is 35.5. The van der Waals surface area contributed by atoms with Crippen molar-refractivity contribution in [3.63, 3.8) is 0 Å². The van der Waals surface area contributed by atoms with Crippen LogP contribution in [0.25, 0.3) is 11.1 Å². The summed E-state index contributed by atoms with van der Waals surface area (Å²) in [5.41, 5.74) is 8.61. The topological polar surface area (TPSA) is 117 Å². The van der Waals surface area contributed by atoms with Gasteiger partial charge in [-0.2, -0.15) is 10.5 Å². The summed E-state index contributed by atoms with van der Waals surface area (Å²) < 4.78 is 25.5. The Labute approximate surface area is 419 Å². The molecule has 0 atom stereocenters. The van der Waals surface area contributed by atoms with E-state index in [1.807, 2.05) is 62.4 Å². The summed E-state index contributed by atoms with van der Waals surface area (Å²) in [5, 5.41) is 19.8. The maximum atomic E-state index is 9.37. The van der Waals surface area contributed by atoms with Gasteiger partial charge >= 0.3 is 0 Å². The molecule has 12 heteroatoms. The van der Waals surface area contributed by atoms with Crippen molar-refractivity contribution < 1.29 is 18.9 Å². The highest BCUT2D eigenvalue weighted by Gasteiger charge is 2.19. The van der Waals surface area contributed by atoms with Crippen molar-refractivity contribution >= 4 is 23.2 Å². The standard InChI is InChI=1S/C52H50Cl2N6O4.C3H8.C2H6/c53-47-21-45(31-59-13-3-1-4-14-59)49(61-35-41-17-39(25-55)27-57-29-41)23-51(47)63-33-37-9-7-11-43(19-37)44-12-8-10-38(20-44)34-64-52-24-50(62-36-42-18-40(26-56)28-58-30-42)46(22-48(52)54)32-60-15-5-2-6-16-60;1-3-2;1-2/h7-12,17-24,27-30H,1-6,13-16,31-36H2;3H2,1-2H3;1-2H3. The number of benzene rings is 4. The zero-order chi connectivity index (χ0) is 48.8. The molecular formula is C57H64Cl2N6O4. The van der Waals surface area contributed by atoms with Crippen LogP contribution in [0.5, 0.6) is 23.0 Å². The van der Waals surface area contributed by atoms with Crippen LogP contribution in [-0.2, 0) is 39.5 Å². The van der Waals surface area contributed by atoms with Gasteiger partial charge in [0.05, 0.1) is 21.2 Å². The monoisotopic (exact) mass is 966 g/mol. The van der Waals surface area contributed by atoms with Gasteiger partial charge in [0.15, 0.2) is 0 Å². The average molecular weight is 968 g/mol. The minimum atomic E-state index is 0.259. The molecule has 6 aromatic rings. The van der Waals surface area contributed by atoms with Crippen LogP contribution in [0.2, 0.25) is 10.0 Å². The normalized spacial score (nSPS) is 13.6. The fraction of sp³-hybridized carbons (Fsp3) is 0.368. The number of nitriles is 2. The molecule has 2 fully saturated rings. The number of likely N-dealkylation sites (tertiary alicyclic amines) is 2. The number of piperidine rings is 2. The molecule has 2 aliphatic rings. The van der Waals surface area contributed by atoms with Crippen LogP contribution in [0.15, 0.2) is 110 Å². The van der Waals surface area contributed by atoms with Gasteiger partial charge in [-0.1, -0.05) is 107 Å². The molecule has 8 rings (SSSR count). The smallest absolute Gasteiger partial charge is 0.142 e. The van der Waals surface area contributed by atoms with E-state index in [2.05, 4.69) is 70.0 Å². The summed E-state index contributed by atoms with van der Waals surface area (Å²) in [6.07, 6.45) is 15.0. The van der Waals surface area contributed by atoms with E-state index < -0.39 is 0 Å². The second-order valence-corrected chi connectivity index (χ2v) is 17.9. The Kier molecular flexibility index (Phi) is 21.0. The van der Waals surface area contributed by atoms with Gasteiger partial charge in [-0.25, -0.2) is 0 Å². The van der Waals surface area contributed by atoms with Gasteiger partial charge in [-0.05, 0) is 111 Å². The summed E-state index contributed by atoms with van der Waals surface area (Å²) >= 11 is 13.8. The highest BCUT2D eigenvalue weighted by Crippen LogP contribution is 2.37. The number of hydrogen-bond acceptors (Lipinski definition) is 10. The molecule has 4 aromatic carbocycles. The lowest BCUT2D eigenvalue weighted by molar-refractivity contribution is 0.214. The first-order valence-corrected chi connectivity index (χ1v) is 25.0. The van der Waals surface area contributed by atoms with Crippen LogP contribution >= 0.6 is 23.2 Å². The molecule has 2 aliphatic heterocycles. The third-order valence-corrected chi connectivity index (χ3v) is 12.1. The number of nitrogens with zero attached hydrogens (tertiary/aromatic N) is 6. The van der Waals surface area contributed by atoms with Gasteiger partial charge < -0.3 is 18.9 Å². The molecule has 360 valence electrons. The van der Waals surface area contributed by atoms with Crippen LogP contribution in [0.4, 0.5) is 0 Å². The minimum Gasteiger partial charge on any atom is -0.488 e. The summed E-state index contributed by atoms with van der Waals surface area (Å²) in [5.74, 6) is 2.45. The Morgan fingerprint density at radius 3 is 1.26 bits per heavy atom. The van der Waals surface area contributed by atoms with Gasteiger partial charge in [0, 0.05) is 72.3 Å². The fourth-order valence-electron chi connectivity index (χ4n) is 8.19. The molecule has 0 bridgehead atoms. The summed E-state index contributed by atoms with van der Waals surface area (Å²) in [6.45, 7) is 15.0. The molecule has 4 heterocycles. The number of aromatic nitrogens is 2. The van der Waals surface area contributed by atoms with E-state index in [1.54, 1.807) is 36.9 Å². The van der Waals surface area contributed by atoms with Crippen LogP contribution in [0.3, 0.4) is 0 Å². The zero-order valence-electron chi connectivity index (χ0n) is 40.5. The molecule has 10 nitrogen and oxygen atoms in total. The van der Waals surface area contributed by atoms with Crippen molar-refractivity contribution in [3.8, 4) is 46.3 Å². The van der Waals surface area contributed by atoms with Crippen molar-refractivity contribution in [2.24, 2.45) is 0 Å². The lowest BCUT2D eigenvalue weighted by atomic mass is 10.0. The van der Waals surface area contributed by atoms with Gasteiger partial charge in [0.1, 0.15) is 61.6 Å². The van der Waals surface area contributed by atoms with Crippen molar-refractivity contribution in [1.82, 2.24) is 19.8 Å². The molecule has 0 aliphatic carbocycles. The largest absolute Gasteiger partial charge is 0.488 e. The van der Waals surface area contributed by atoms with Crippen LogP contribution in [0, 0.1) is 22.7 Å². The van der Waals surface area contributed by atoms with E-state index in [1.165, 1.54) is 44.9 Å². The van der Waals surface area contributed by atoms with E-state index in [0.29, 0.717) is 57.4 Å². The maximum Gasteiger partial charge on any atom is 0.142 e. The number of halogens is 2. The third kappa shape index (κ3) is 16.0. The van der Waals surface area contributed by atoms with Crippen LogP contribution < -0.4 is 18.9 Å². The van der Waals surface area contributed by atoms with E-state index >= 15 is 0 Å². The quantitative estimate of drug-likeness (QED) is 0.0874. The Morgan fingerprint density at radius 2 is 0.870 bits per heavy atom. The van der Waals surface area contributed by atoms with Gasteiger partial charge in [0.2, 0.25) is 0 Å². The lowest BCUT2D eigenvalue weighted by Gasteiger charge is -2.27. The summed E-state index contributed by atoms with van der Waals surface area (Å²) in [7, 11) is 0. The molecule has 2 aromatic heterocycles. The van der Waals surface area contributed by atoms with Gasteiger partial charge in [-0.15, -0.1) is 0 Å². The number of rotatable bonds is 17. The Morgan fingerprint density at radius 1 is 0.493 bits per heavy atom. The van der Waals surface area contributed by atoms with Gasteiger partial charge in [0.25, 0.3) is 0 Å². The van der Waals surface area contributed by atoms with E-state index in [9.17, 15) is 10.5 Å². The molecule has 0 amide bonds. The Hall–Kier alpha value is -6.14. The van der Waals surface area contributed by atoms with E-state index in [0.717, 1.165) is 83.8 Å². The zero-order valence-corrected chi connectivity index (χ0v) is 42.0. The molecule has 2 saturated heterocycles. The first-order chi connectivity index (χ1) is 33.8. The lowest BCUT2D eigenvalue weighted by Crippen LogP contribution is -2.29. The maximum absolute atomic E-state index is 9.37. The fourth-order valence-corrected chi connectivity index (χ4v) is 8.67. The SMILES string of the molecule is CC.CCC.N#Cc1cncc(COc2cc(OCc3cccc(-c4cccc(COc5cc(OCc6cncc(C#N)c6)c(CN6CCCCC6)cc5Cl)c4)c3)c(Cl)cc2CN2CCCCC2)c1. The first kappa shape index (κ1) is 52.2. The predicted octanol–water partition coefficient (Wildman–Crippen LogP) is 13.9. The second kappa shape index (κ2) is 27.8. The molecule has 69 heavy (non-hydrogen) atoms. The number of ether oxygens (including phenoxy) is 4. The van der Waals surface area contributed by atoms with E-state index in [-0.39, 0.29) is 13.2 Å². The highest BCUT2D eigenvalue weighted by molar-refractivity contribution is 6.32. The average Bonchev–Trinajstić information content (AvgIpc) is 3.39. The van der Waals surface area contributed by atoms with Crippen molar-refractivity contribution in [2.45, 2.75) is 112 Å². The predicted molar refractivity (Wildman–Crippen MR) is 276 cm³/mol. The van der Waals surface area contributed by atoms with Gasteiger partial charge in [-0.3, -0.25) is 19.8 Å². The number of pyridine rings is 2. The molecule has 0 saturated carbocycles. The molecule has 0 radical (unpaired) electrons. The van der Waals surface area contributed by atoms with Crippen LogP contribution in [0.1, 0.15) is 117 Å². The van der Waals surface area contributed by atoms with Crippen molar-refractivity contribution in [3.05, 3.63) is 164 Å². The Bertz CT molecular complexity index is 2470. The van der Waals surface area contributed by atoms with Crippen LogP contribution in [-0.4, -0.2) is 45.9 Å². The third-order valence-electron chi connectivity index (χ3n) is 11.5. The summed E-state index contributed by atoms with van der Waals surface area (Å²) in [4.78, 5) is 13.3. The Balaban J connectivity index is 0.00000151.